The maximum Gasteiger partial charge on any atom is 0.188 e. The van der Waals surface area contributed by atoms with Crippen molar-refractivity contribution >= 4 is 0 Å². The van der Waals surface area contributed by atoms with E-state index in [-0.39, 0.29) is 11.5 Å². The average Bonchev–Trinajstić information content (AvgIpc) is 3.14. The molecule has 5 aliphatic rings. The highest BCUT2D eigenvalue weighted by molar-refractivity contribution is 5.27. The van der Waals surface area contributed by atoms with E-state index in [9.17, 15) is 5.11 Å². The molecule has 0 aromatic carbocycles. The lowest BCUT2D eigenvalue weighted by molar-refractivity contribution is -0.145. The third-order valence-electron chi connectivity index (χ3n) is 8.85. The summed E-state index contributed by atoms with van der Waals surface area (Å²) >= 11 is 0. The minimum Gasteiger partial charge on any atom is -0.393 e. The number of hydrogen-bond acceptors (Lipinski definition) is 3. The molecule has 0 unspecified atom stereocenters. The standard InChI is InChI=1S/C21H32O3/c1-19-9-10-21(23-11-12-24-21)13-14(19)3-4-15-16-5-6-18(22)20(16,2)8-7-17(15)19/h13,15-18,22H,3-12H2,1-2H3/t15-,16-,17-,18+,19+,20-/m1/s1. The van der Waals surface area contributed by atoms with Crippen LogP contribution in [0.25, 0.3) is 0 Å². The van der Waals surface area contributed by atoms with E-state index in [1.54, 1.807) is 5.57 Å². The van der Waals surface area contributed by atoms with Gasteiger partial charge in [-0.05, 0) is 79.6 Å². The van der Waals surface area contributed by atoms with Gasteiger partial charge in [0.15, 0.2) is 5.79 Å². The van der Waals surface area contributed by atoms with Gasteiger partial charge in [0.25, 0.3) is 0 Å². The van der Waals surface area contributed by atoms with Gasteiger partial charge in [0.2, 0.25) is 0 Å². The zero-order valence-corrected chi connectivity index (χ0v) is 15.2. The van der Waals surface area contributed by atoms with Crippen LogP contribution in [0.1, 0.15) is 65.2 Å². The van der Waals surface area contributed by atoms with Crippen molar-refractivity contribution in [2.24, 2.45) is 28.6 Å². The third-order valence-corrected chi connectivity index (χ3v) is 8.85. The Kier molecular flexibility index (Phi) is 3.35. The fourth-order valence-corrected chi connectivity index (χ4v) is 7.35. The van der Waals surface area contributed by atoms with Gasteiger partial charge in [-0.3, -0.25) is 0 Å². The first-order valence-corrected chi connectivity index (χ1v) is 10.2. The molecule has 3 saturated carbocycles. The smallest absolute Gasteiger partial charge is 0.188 e. The van der Waals surface area contributed by atoms with Crippen LogP contribution in [0.4, 0.5) is 0 Å². The van der Waals surface area contributed by atoms with E-state index in [0.29, 0.717) is 5.41 Å². The van der Waals surface area contributed by atoms with E-state index in [1.807, 2.05) is 0 Å². The molecule has 5 rings (SSSR count). The highest BCUT2D eigenvalue weighted by atomic mass is 16.7. The zero-order chi connectivity index (χ0) is 16.6. The third kappa shape index (κ3) is 1.95. The van der Waals surface area contributed by atoms with Gasteiger partial charge >= 0.3 is 0 Å². The van der Waals surface area contributed by atoms with E-state index < -0.39 is 5.79 Å². The Balaban J connectivity index is 1.47. The predicted octanol–water partition coefficient (Wildman–Crippen LogP) is 4.05. The van der Waals surface area contributed by atoms with Crippen LogP contribution >= 0.6 is 0 Å². The Hall–Kier alpha value is -0.380. The molecular weight excluding hydrogens is 300 g/mol. The van der Waals surface area contributed by atoms with Crippen molar-refractivity contribution < 1.29 is 14.6 Å². The molecule has 6 atom stereocenters. The second-order valence-electron chi connectivity index (χ2n) is 9.65. The van der Waals surface area contributed by atoms with Crippen molar-refractivity contribution in [1.29, 1.82) is 0 Å². The van der Waals surface area contributed by atoms with E-state index in [4.69, 9.17) is 9.47 Å². The van der Waals surface area contributed by atoms with Crippen LogP contribution in [-0.4, -0.2) is 30.2 Å². The quantitative estimate of drug-likeness (QED) is 0.680. The molecule has 1 heterocycles. The van der Waals surface area contributed by atoms with Gasteiger partial charge in [-0.15, -0.1) is 0 Å². The Morgan fingerprint density at radius 2 is 1.75 bits per heavy atom. The normalized spacial score (nSPS) is 52.5. The molecule has 0 aromatic rings. The summed E-state index contributed by atoms with van der Waals surface area (Å²) in [6, 6.07) is 0. The molecule has 0 amide bonds. The van der Waals surface area contributed by atoms with Crippen molar-refractivity contribution in [1.82, 2.24) is 0 Å². The summed E-state index contributed by atoms with van der Waals surface area (Å²) in [4.78, 5) is 0. The Labute approximate surface area is 145 Å². The second-order valence-corrected chi connectivity index (χ2v) is 9.65. The lowest BCUT2D eigenvalue weighted by atomic mass is 9.47. The van der Waals surface area contributed by atoms with Gasteiger partial charge in [0, 0.05) is 6.42 Å². The highest BCUT2D eigenvalue weighted by Gasteiger charge is 2.59. The monoisotopic (exact) mass is 332 g/mol. The highest BCUT2D eigenvalue weighted by Crippen LogP contribution is 2.66. The van der Waals surface area contributed by atoms with E-state index in [1.165, 1.54) is 38.5 Å². The molecule has 1 aliphatic heterocycles. The SMILES string of the molecule is C[C@@]12CC[C@@H]3[C@H](CCC4=CC5(CC[C@@]43C)OCCO5)[C@H]1CC[C@@H]2O. The van der Waals surface area contributed by atoms with Crippen LogP contribution in [0.2, 0.25) is 0 Å². The molecule has 0 bridgehead atoms. The fraction of sp³-hybridized carbons (Fsp3) is 0.905. The summed E-state index contributed by atoms with van der Waals surface area (Å²) in [6.07, 6.45) is 11.8. The van der Waals surface area contributed by atoms with Gasteiger partial charge < -0.3 is 14.6 Å². The first kappa shape index (κ1) is 15.8. The Bertz CT molecular complexity index is 563. The molecule has 134 valence electrons. The summed E-state index contributed by atoms with van der Waals surface area (Å²) in [5, 5.41) is 10.6. The number of aliphatic hydroxyl groups excluding tert-OH is 1. The Morgan fingerprint density at radius 3 is 2.54 bits per heavy atom. The minimum atomic E-state index is -0.394. The zero-order valence-electron chi connectivity index (χ0n) is 15.2. The molecule has 3 heteroatoms. The lowest BCUT2D eigenvalue weighted by Crippen LogP contribution is -2.52. The molecule has 1 spiro atoms. The summed E-state index contributed by atoms with van der Waals surface area (Å²) in [5.41, 5.74) is 2.13. The van der Waals surface area contributed by atoms with E-state index in [0.717, 1.165) is 43.8 Å². The first-order valence-electron chi connectivity index (χ1n) is 10.2. The summed E-state index contributed by atoms with van der Waals surface area (Å²) < 4.78 is 12.0. The van der Waals surface area contributed by atoms with E-state index >= 15 is 0 Å². The van der Waals surface area contributed by atoms with Gasteiger partial charge in [0.1, 0.15) is 0 Å². The topological polar surface area (TPSA) is 38.7 Å². The number of fused-ring (bicyclic) bond motifs is 5. The molecular formula is C21H32O3. The molecule has 4 aliphatic carbocycles. The van der Waals surface area contributed by atoms with Gasteiger partial charge in [-0.25, -0.2) is 0 Å². The molecule has 1 saturated heterocycles. The lowest BCUT2D eigenvalue weighted by Gasteiger charge is -2.58. The van der Waals surface area contributed by atoms with Crippen molar-refractivity contribution in [3.05, 3.63) is 11.6 Å². The van der Waals surface area contributed by atoms with Crippen LogP contribution in [0, 0.1) is 28.6 Å². The van der Waals surface area contributed by atoms with Crippen LogP contribution in [0.5, 0.6) is 0 Å². The molecule has 3 nitrogen and oxygen atoms in total. The van der Waals surface area contributed by atoms with E-state index in [2.05, 4.69) is 19.9 Å². The predicted molar refractivity (Wildman–Crippen MR) is 92.3 cm³/mol. The molecule has 0 aromatic heterocycles. The number of hydrogen-bond donors (Lipinski definition) is 1. The number of aliphatic hydroxyl groups is 1. The van der Waals surface area contributed by atoms with Crippen LogP contribution in [-0.2, 0) is 9.47 Å². The fourth-order valence-electron chi connectivity index (χ4n) is 7.35. The first-order chi connectivity index (χ1) is 11.5. The average molecular weight is 332 g/mol. The van der Waals surface area contributed by atoms with Gasteiger partial charge in [-0.2, -0.15) is 0 Å². The number of allylic oxidation sites excluding steroid dienone is 1. The molecule has 0 radical (unpaired) electrons. The van der Waals surface area contributed by atoms with Crippen LogP contribution in [0.15, 0.2) is 11.6 Å². The maximum atomic E-state index is 10.6. The van der Waals surface area contributed by atoms with Gasteiger partial charge in [0.05, 0.1) is 19.3 Å². The Morgan fingerprint density at radius 1 is 0.958 bits per heavy atom. The van der Waals surface area contributed by atoms with Crippen LogP contribution < -0.4 is 0 Å². The van der Waals surface area contributed by atoms with Crippen molar-refractivity contribution in [2.45, 2.75) is 77.1 Å². The largest absolute Gasteiger partial charge is 0.393 e. The van der Waals surface area contributed by atoms with Gasteiger partial charge in [-0.1, -0.05) is 19.4 Å². The summed E-state index contributed by atoms with van der Waals surface area (Å²) in [5.74, 6) is 1.94. The summed E-state index contributed by atoms with van der Waals surface area (Å²) in [6.45, 7) is 6.37. The molecule has 1 N–H and O–H groups in total. The van der Waals surface area contributed by atoms with Crippen molar-refractivity contribution in [3.8, 4) is 0 Å². The number of rotatable bonds is 0. The van der Waals surface area contributed by atoms with Crippen molar-refractivity contribution in [3.63, 3.8) is 0 Å². The van der Waals surface area contributed by atoms with Crippen molar-refractivity contribution in [2.75, 3.05) is 13.2 Å². The summed E-state index contributed by atoms with van der Waals surface area (Å²) in [7, 11) is 0. The number of ether oxygens (including phenoxy) is 2. The second kappa shape index (κ2) is 5.08. The maximum absolute atomic E-state index is 10.6. The van der Waals surface area contributed by atoms with Crippen LogP contribution in [0.3, 0.4) is 0 Å². The minimum absolute atomic E-state index is 0.0666. The molecule has 4 fully saturated rings. The molecule has 24 heavy (non-hydrogen) atoms.